The molecule has 6 heteroatoms. The van der Waals surface area contributed by atoms with Crippen LogP contribution in [-0.4, -0.2) is 41.0 Å². The lowest BCUT2D eigenvalue weighted by molar-refractivity contribution is -0.142. The molecule has 0 aliphatic carbocycles. The largest absolute Gasteiger partial charge is 0.336 e. The Morgan fingerprint density at radius 3 is 2.40 bits per heavy atom. The highest BCUT2D eigenvalue weighted by Gasteiger charge is 2.34. The lowest BCUT2D eigenvalue weighted by Gasteiger charge is -2.25. The van der Waals surface area contributed by atoms with E-state index >= 15 is 0 Å². The predicted molar refractivity (Wildman–Crippen MR) is 116 cm³/mol. The van der Waals surface area contributed by atoms with Gasteiger partial charge < -0.3 is 4.90 Å². The smallest absolute Gasteiger partial charge is 0.262 e. The van der Waals surface area contributed by atoms with Crippen LogP contribution in [0.25, 0.3) is 0 Å². The fraction of sp³-hybridized carbons (Fsp3) is 0.375. The maximum absolute atomic E-state index is 13.4. The van der Waals surface area contributed by atoms with Crippen LogP contribution >= 0.6 is 0 Å². The molecule has 1 atom stereocenters. The number of likely N-dealkylation sites (N-methyl/N-ethyl adjacent to an activating group) is 1. The Hall–Kier alpha value is -3.02. The maximum atomic E-state index is 13.4. The number of hydrogen-bond donors (Lipinski definition) is 0. The van der Waals surface area contributed by atoms with Gasteiger partial charge in [-0.3, -0.25) is 9.59 Å². The minimum Gasteiger partial charge on any atom is -0.336 e. The molecule has 2 amide bonds. The minimum absolute atomic E-state index is 0.0571. The zero-order chi connectivity index (χ0) is 22.0. The number of aryl methyl sites for hydroxylation is 2. The molecule has 2 aromatic carbocycles. The lowest BCUT2D eigenvalue weighted by Crippen LogP contribution is -2.40. The zero-order valence-corrected chi connectivity index (χ0v) is 18.1. The summed E-state index contributed by atoms with van der Waals surface area (Å²) in [6.07, 6.45) is 0.529. The van der Waals surface area contributed by atoms with Crippen LogP contribution in [0.3, 0.4) is 0 Å². The van der Waals surface area contributed by atoms with Crippen LogP contribution in [0, 0.1) is 25.6 Å². The molecular weight excluding hydrogens is 381 g/mol. The van der Waals surface area contributed by atoms with E-state index in [-0.39, 0.29) is 36.1 Å². The second-order valence-corrected chi connectivity index (χ2v) is 8.20. The van der Waals surface area contributed by atoms with Gasteiger partial charge in [-0.1, -0.05) is 38.1 Å². The minimum atomic E-state index is -0.336. The molecule has 1 aliphatic rings. The zero-order valence-electron chi connectivity index (χ0n) is 18.1. The van der Waals surface area contributed by atoms with E-state index in [4.69, 9.17) is 0 Å². The number of carbonyl (C=O) groups is 2. The Morgan fingerprint density at radius 2 is 1.80 bits per heavy atom. The number of benzene rings is 2. The number of carbonyl (C=O) groups excluding carboxylic acids is 2. The van der Waals surface area contributed by atoms with Crippen LogP contribution in [0.15, 0.2) is 47.6 Å². The fourth-order valence-corrected chi connectivity index (χ4v) is 3.57. The summed E-state index contributed by atoms with van der Waals surface area (Å²) < 4.78 is 13.4. The molecule has 5 nitrogen and oxygen atoms in total. The van der Waals surface area contributed by atoms with Gasteiger partial charge in [0, 0.05) is 19.4 Å². The number of nitrogens with zero attached hydrogens (tertiary/aromatic N) is 3. The van der Waals surface area contributed by atoms with Gasteiger partial charge in [-0.15, -0.1) is 0 Å². The monoisotopic (exact) mass is 409 g/mol. The quantitative estimate of drug-likeness (QED) is 0.742. The van der Waals surface area contributed by atoms with E-state index in [1.54, 1.807) is 33.0 Å². The van der Waals surface area contributed by atoms with E-state index in [0.29, 0.717) is 6.42 Å². The van der Waals surface area contributed by atoms with E-state index in [1.807, 2.05) is 26.0 Å². The summed E-state index contributed by atoms with van der Waals surface area (Å²) >= 11 is 0. The highest BCUT2D eigenvalue weighted by atomic mass is 19.1. The summed E-state index contributed by atoms with van der Waals surface area (Å²) in [5.41, 5.74) is 4.92. The van der Waals surface area contributed by atoms with E-state index in [0.717, 1.165) is 22.4 Å². The van der Waals surface area contributed by atoms with Crippen LogP contribution in [0.5, 0.6) is 0 Å². The molecule has 3 rings (SSSR count). The van der Waals surface area contributed by atoms with Gasteiger partial charge in [0.15, 0.2) is 0 Å². The fourth-order valence-electron chi connectivity index (χ4n) is 3.57. The van der Waals surface area contributed by atoms with Crippen molar-refractivity contribution in [2.24, 2.45) is 11.0 Å². The van der Waals surface area contributed by atoms with Gasteiger partial charge in [0.05, 0.1) is 11.8 Å². The van der Waals surface area contributed by atoms with Gasteiger partial charge in [0.1, 0.15) is 12.4 Å². The second kappa shape index (κ2) is 8.78. The van der Waals surface area contributed by atoms with Gasteiger partial charge in [-0.25, -0.2) is 9.40 Å². The summed E-state index contributed by atoms with van der Waals surface area (Å²) in [4.78, 5) is 26.7. The number of rotatable bonds is 5. The van der Waals surface area contributed by atoms with Crippen LogP contribution in [0.4, 0.5) is 4.39 Å². The van der Waals surface area contributed by atoms with Gasteiger partial charge in [0.2, 0.25) is 5.91 Å². The van der Waals surface area contributed by atoms with Gasteiger partial charge >= 0.3 is 0 Å². The number of halogens is 1. The van der Waals surface area contributed by atoms with Gasteiger partial charge in [-0.05, 0) is 54.3 Å². The SMILES string of the molecule is Cc1ccc(C2=NN(C(=O)CN(C)C(=O)C(C)C)[C@@H](c3ccc(F)cc3)C2)cc1C. The molecule has 0 bridgehead atoms. The molecule has 1 aliphatic heterocycles. The van der Waals surface area contributed by atoms with E-state index in [9.17, 15) is 14.0 Å². The van der Waals surface area contributed by atoms with Crippen LogP contribution in [0.2, 0.25) is 0 Å². The van der Waals surface area contributed by atoms with Crippen molar-refractivity contribution in [1.29, 1.82) is 0 Å². The Balaban J connectivity index is 1.92. The summed E-state index contributed by atoms with van der Waals surface area (Å²) in [5.74, 6) is -0.880. The summed E-state index contributed by atoms with van der Waals surface area (Å²) in [6, 6.07) is 11.9. The van der Waals surface area contributed by atoms with Gasteiger partial charge in [-0.2, -0.15) is 5.10 Å². The first-order valence-electron chi connectivity index (χ1n) is 10.1. The standard InChI is InChI=1S/C24H28FN3O2/c1-15(2)24(30)27(5)14-23(29)28-22(18-8-10-20(25)11-9-18)13-21(26-28)19-7-6-16(3)17(4)12-19/h6-12,15,22H,13-14H2,1-5H3/t22-/m1/s1. The Morgan fingerprint density at radius 1 is 1.13 bits per heavy atom. The van der Waals surface area contributed by atoms with Crippen molar-refractivity contribution in [2.45, 2.75) is 40.2 Å². The van der Waals surface area contributed by atoms with Crippen molar-refractivity contribution >= 4 is 17.5 Å². The van der Waals surface area contributed by atoms with Crippen molar-refractivity contribution in [3.63, 3.8) is 0 Å². The highest BCUT2D eigenvalue weighted by molar-refractivity contribution is 6.03. The molecule has 0 radical (unpaired) electrons. The van der Waals surface area contributed by atoms with Gasteiger partial charge in [0.25, 0.3) is 5.91 Å². The molecule has 0 spiro atoms. The predicted octanol–water partition coefficient (Wildman–Crippen LogP) is 4.23. The summed E-state index contributed by atoms with van der Waals surface area (Å²) in [5, 5.41) is 6.08. The maximum Gasteiger partial charge on any atom is 0.262 e. The molecule has 0 fully saturated rings. The molecule has 0 saturated heterocycles. The average molecular weight is 410 g/mol. The van der Waals surface area contributed by atoms with Crippen LogP contribution in [-0.2, 0) is 9.59 Å². The van der Waals surface area contributed by atoms with E-state index < -0.39 is 0 Å². The third-order valence-corrected chi connectivity index (χ3v) is 5.50. The van der Waals surface area contributed by atoms with Crippen molar-refractivity contribution in [1.82, 2.24) is 9.91 Å². The Bertz CT molecular complexity index is 982. The third kappa shape index (κ3) is 4.58. The Labute approximate surface area is 177 Å². The van der Waals surface area contributed by atoms with Crippen LogP contribution in [0.1, 0.15) is 48.6 Å². The third-order valence-electron chi connectivity index (χ3n) is 5.50. The average Bonchev–Trinajstić information content (AvgIpc) is 3.15. The molecule has 0 N–H and O–H groups in total. The summed E-state index contributed by atoms with van der Waals surface area (Å²) in [6.45, 7) is 7.64. The van der Waals surface area contributed by atoms with Crippen molar-refractivity contribution in [3.8, 4) is 0 Å². The molecule has 2 aromatic rings. The molecule has 0 saturated carbocycles. The number of hydrogen-bond acceptors (Lipinski definition) is 3. The first kappa shape index (κ1) is 21.7. The van der Waals surface area contributed by atoms with Crippen molar-refractivity contribution in [2.75, 3.05) is 13.6 Å². The molecule has 0 unspecified atom stereocenters. The highest BCUT2D eigenvalue weighted by Crippen LogP contribution is 2.33. The molecule has 0 aromatic heterocycles. The normalized spacial score (nSPS) is 16.0. The lowest BCUT2D eigenvalue weighted by atomic mass is 9.96. The topological polar surface area (TPSA) is 53.0 Å². The molecular formula is C24H28FN3O2. The number of amides is 2. The molecule has 158 valence electrons. The molecule has 1 heterocycles. The van der Waals surface area contributed by atoms with E-state index in [2.05, 4.69) is 11.2 Å². The summed E-state index contributed by atoms with van der Waals surface area (Å²) in [7, 11) is 1.62. The second-order valence-electron chi connectivity index (χ2n) is 8.20. The van der Waals surface area contributed by atoms with Crippen molar-refractivity contribution in [3.05, 3.63) is 70.5 Å². The van der Waals surface area contributed by atoms with E-state index in [1.165, 1.54) is 27.6 Å². The number of hydrazone groups is 1. The van der Waals surface area contributed by atoms with Crippen molar-refractivity contribution < 1.29 is 14.0 Å². The van der Waals surface area contributed by atoms with Crippen LogP contribution < -0.4 is 0 Å². The molecule has 30 heavy (non-hydrogen) atoms. The first-order valence-corrected chi connectivity index (χ1v) is 10.1. The first-order chi connectivity index (χ1) is 14.2. The Kier molecular flexibility index (Phi) is 6.34.